The van der Waals surface area contributed by atoms with Gasteiger partial charge in [-0.3, -0.25) is 9.78 Å². The van der Waals surface area contributed by atoms with E-state index in [-0.39, 0.29) is 5.91 Å². The summed E-state index contributed by atoms with van der Waals surface area (Å²) in [5, 5.41) is 3.08. The Morgan fingerprint density at radius 1 is 1.27 bits per heavy atom. The van der Waals surface area contributed by atoms with Crippen molar-refractivity contribution in [2.24, 2.45) is 5.92 Å². The van der Waals surface area contributed by atoms with E-state index < -0.39 is 0 Å². The molecule has 1 aliphatic rings. The maximum Gasteiger partial charge on any atom is 0.261 e. The molecule has 2 aromatic heterocycles. The highest BCUT2D eigenvalue weighted by molar-refractivity contribution is 7.13. The fraction of sp³-hybridized carbons (Fsp3) is 0.412. The second kappa shape index (κ2) is 6.92. The predicted molar refractivity (Wildman–Crippen MR) is 90.6 cm³/mol. The molecule has 0 aromatic carbocycles. The quantitative estimate of drug-likeness (QED) is 0.943. The maximum atomic E-state index is 12.1. The molecule has 1 saturated heterocycles. The summed E-state index contributed by atoms with van der Waals surface area (Å²) in [4.78, 5) is 20.5. The largest absolute Gasteiger partial charge is 0.371 e. The number of hydrogen-bond donors (Lipinski definition) is 1. The lowest BCUT2D eigenvalue weighted by atomic mass is 9.96. The summed E-state index contributed by atoms with van der Waals surface area (Å²) in [5.74, 6) is 0.637. The van der Waals surface area contributed by atoms with Crippen LogP contribution < -0.4 is 10.2 Å². The molecule has 4 nitrogen and oxygen atoms in total. The summed E-state index contributed by atoms with van der Waals surface area (Å²) in [7, 11) is 0. The molecule has 1 amide bonds. The maximum absolute atomic E-state index is 12.1. The summed E-state index contributed by atoms with van der Waals surface area (Å²) in [6.07, 6.45) is 5.91. The number of piperidine rings is 1. The molecule has 2 aromatic rings. The monoisotopic (exact) mass is 315 g/mol. The molecule has 0 bridgehead atoms. The first-order chi connectivity index (χ1) is 10.7. The fourth-order valence-corrected chi connectivity index (χ4v) is 3.61. The molecule has 0 aliphatic carbocycles. The topological polar surface area (TPSA) is 45.2 Å². The van der Waals surface area contributed by atoms with Crippen LogP contribution in [-0.4, -0.2) is 30.5 Å². The van der Waals surface area contributed by atoms with Crippen molar-refractivity contribution in [1.29, 1.82) is 0 Å². The number of nitrogens with zero attached hydrogens (tertiary/aromatic N) is 2. The van der Waals surface area contributed by atoms with Crippen LogP contribution >= 0.6 is 11.3 Å². The third kappa shape index (κ3) is 3.65. The number of aromatic nitrogens is 1. The Bertz CT molecular complexity index is 618. The van der Waals surface area contributed by atoms with Crippen molar-refractivity contribution in [1.82, 2.24) is 10.3 Å². The van der Waals surface area contributed by atoms with Crippen LogP contribution in [-0.2, 0) is 0 Å². The molecule has 0 unspecified atom stereocenters. The molecule has 0 atom stereocenters. The molecule has 1 N–H and O–H groups in total. The second-order valence-corrected chi connectivity index (χ2v) is 7.04. The molecule has 3 heterocycles. The van der Waals surface area contributed by atoms with Gasteiger partial charge in [0.15, 0.2) is 0 Å². The molecular formula is C17H21N3OS. The minimum Gasteiger partial charge on any atom is -0.371 e. The number of carbonyl (C=O) groups is 1. The molecule has 0 spiro atoms. The van der Waals surface area contributed by atoms with E-state index in [1.807, 2.05) is 31.5 Å². The molecular weight excluding hydrogens is 294 g/mol. The Kier molecular flexibility index (Phi) is 4.73. The summed E-state index contributed by atoms with van der Waals surface area (Å²) < 4.78 is 0. The van der Waals surface area contributed by atoms with E-state index >= 15 is 0 Å². The lowest BCUT2D eigenvalue weighted by Gasteiger charge is -2.33. The van der Waals surface area contributed by atoms with Crippen LogP contribution in [0.3, 0.4) is 0 Å². The van der Waals surface area contributed by atoms with Crippen LogP contribution in [0.5, 0.6) is 0 Å². The number of aryl methyl sites for hydroxylation is 1. The molecule has 1 aliphatic heterocycles. The minimum absolute atomic E-state index is 0.0645. The van der Waals surface area contributed by atoms with Crippen LogP contribution in [0.15, 0.2) is 36.7 Å². The Hall–Kier alpha value is -1.88. The van der Waals surface area contributed by atoms with Crippen LogP contribution in [0, 0.1) is 12.8 Å². The van der Waals surface area contributed by atoms with Crippen molar-refractivity contribution in [2.45, 2.75) is 19.8 Å². The Balaban J connectivity index is 1.45. The third-order valence-corrected chi connectivity index (χ3v) is 5.16. The SMILES string of the molecule is Cc1ccc(C(=O)NCC2CCN(c3ccncc3)CC2)s1. The van der Waals surface area contributed by atoms with Gasteiger partial charge in [0.05, 0.1) is 4.88 Å². The van der Waals surface area contributed by atoms with Gasteiger partial charge in [0.2, 0.25) is 0 Å². The Labute approximate surface area is 135 Å². The highest BCUT2D eigenvalue weighted by Gasteiger charge is 2.20. The van der Waals surface area contributed by atoms with Crippen LogP contribution in [0.1, 0.15) is 27.4 Å². The first-order valence-electron chi connectivity index (χ1n) is 7.72. The van der Waals surface area contributed by atoms with Crippen molar-refractivity contribution in [3.63, 3.8) is 0 Å². The van der Waals surface area contributed by atoms with Gasteiger partial charge in [-0.25, -0.2) is 0 Å². The lowest BCUT2D eigenvalue weighted by Crippen LogP contribution is -2.38. The van der Waals surface area contributed by atoms with E-state index in [4.69, 9.17) is 0 Å². The average Bonchev–Trinajstić information content (AvgIpc) is 3.00. The van der Waals surface area contributed by atoms with Crippen molar-refractivity contribution in [3.05, 3.63) is 46.4 Å². The smallest absolute Gasteiger partial charge is 0.261 e. The number of hydrogen-bond acceptors (Lipinski definition) is 4. The van der Waals surface area contributed by atoms with Crippen molar-refractivity contribution >= 4 is 22.9 Å². The summed E-state index contributed by atoms with van der Waals surface area (Å²) in [6.45, 7) is 4.89. The van der Waals surface area contributed by atoms with Gasteiger partial charge in [-0.2, -0.15) is 0 Å². The van der Waals surface area contributed by atoms with Gasteiger partial charge >= 0.3 is 0 Å². The third-order valence-electron chi connectivity index (χ3n) is 4.16. The van der Waals surface area contributed by atoms with E-state index in [0.717, 1.165) is 37.4 Å². The molecule has 0 saturated carbocycles. The van der Waals surface area contributed by atoms with Crippen molar-refractivity contribution in [2.75, 3.05) is 24.5 Å². The van der Waals surface area contributed by atoms with Gasteiger partial charge in [0.25, 0.3) is 5.91 Å². The van der Waals surface area contributed by atoms with E-state index in [2.05, 4.69) is 27.3 Å². The van der Waals surface area contributed by atoms with Crippen LogP contribution in [0.4, 0.5) is 5.69 Å². The number of nitrogens with one attached hydrogen (secondary N) is 1. The molecule has 0 radical (unpaired) electrons. The minimum atomic E-state index is 0.0645. The zero-order valence-electron chi connectivity index (χ0n) is 12.8. The summed E-state index contributed by atoms with van der Waals surface area (Å²) in [6, 6.07) is 8.01. The van der Waals surface area contributed by atoms with E-state index in [1.165, 1.54) is 10.6 Å². The van der Waals surface area contributed by atoms with E-state index in [0.29, 0.717) is 5.92 Å². The molecule has 22 heavy (non-hydrogen) atoms. The molecule has 116 valence electrons. The van der Waals surface area contributed by atoms with Crippen molar-refractivity contribution in [3.8, 4) is 0 Å². The Morgan fingerprint density at radius 3 is 2.64 bits per heavy atom. The highest BCUT2D eigenvalue weighted by atomic mass is 32.1. The summed E-state index contributed by atoms with van der Waals surface area (Å²) >= 11 is 1.55. The second-order valence-electron chi connectivity index (χ2n) is 5.76. The number of anilines is 1. The normalized spacial score (nSPS) is 15.8. The number of amides is 1. The van der Waals surface area contributed by atoms with Gasteiger partial charge in [0, 0.05) is 42.6 Å². The molecule has 3 rings (SSSR count). The molecule has 1 fully saturated rings. The standard InChI is InChI=1S/C17H21N3OS/c1-13-2-3-16(22-13)17(21)19-12-14-6-10-20(11-7-14)15-4-8-18-9-5-15/h2-5,8-9,14H,6-7,10-12H2,1H3,(H,19,21). The van der Waals surface area contributed by atoms with E-state index in [1.54, 1.807) is 11.3 Å². The average molecular weight is 315 g/mol. The summed E-state index contributed by atoms with van der Waals surface area (Å²) in [5.41, 5.74) is 1.24. The zero-order chi connectivity index (χ0) is 15.4. The number of thiophene rings is 1. The fourth-order valence-electron chi connectivity index (χ4n) is 2.83. The van der Waals surface area contributed by atoms with Gasteiger partial charge in [0.1, 0.15) is 0 Å². The number of rotatable bonds is 4. The predicted octanol–water partition coefficient (Wildman–Crippen LogP) is 3.10. The van der Waals surface area contributed by atoms with Gasteiger partial charge in [-0.1, -0.05) is 0 Å². The van der Waals surface area contributed by atoms with Crippen molar-refractivity contribution < 1.29 is 4.79 Å². The number of carbonyl (C=O) groups excluding carboxylic acids is 1. The molecule has 5 heteroatoms. The zero-order valence-corrected chi connectivity index (χ0v) is 13.6. The first kappa shape index (κ1) is 15.0. The number of pyridine rings is 1. The van der Waals surface area contributed by atoms with Gasteiger partial charge < -0.3 is 10.2 Å². The van der Waals surface area contributed by atoms with Crippen LogP contribution in [0.2, 0.25) is 0 Å². The van der Waals surface area contributed by atoms with Gasteiger partial charge in [-0.05, 0) is 49.9 Å². The van der Waals surface area contributed by atoms with Gasteiger partial charge in [-0.15, -0.1) is 11.3 Å². The van der Waals surface area contributed by atoms with E-state index in [9.17, 15) is 4.79 Å². The Morgan fingerprint density at radius 2 is 2.00 bits per heavy atom. The van der Waals surface area contributed by atoms with Crippen LogP contribution in [0.25, 0.3) is 0 Å². The highest BCUT2D eigenvalue weighted by Crippen LogP contribution is 2.22. The first-order valence-corrected chi connectivity index (χ1v) is 8.53. The lowest BCUT2D eigenvalue weighted by molar-refractivity contribution is 0.0949.